The van der Waals surface area contributed by atoms with Crippen LogP contribution in [0.4, 0.5) is 4.79 Å². The molecule has 47 heavy (non-hydrogen) atoms. The summed E-state index contributed by atoms with van der Waals surface area (Å²) in [5.74, 6) is -3.95. The zero-order valence-electron chi connectivity index (χ0n) is 26.7. The molecule has 0 unspecified atom stereocenters. The lowest BCUT2D eigenvalue weighted by molar-refractivity contribution is -0.139. The Morgan fingerprint density at radius 2 is 1.34 bits per heavy atom. The first kappa shape index (κ1) is 36.1. The van der Waals surface area contributed by atoms with Gasteiger partial charge in [0.1, 0.15) is 29.0 Å². The number of amides is 3. The summed E-state index contributed by atoms with van der Waals surface area (Å²) < 4.78 is 10.5. The molecule has 0 aromatic heterocycles. The smallest absolute Gasteiger partial charge is 0.408 e. The van der Waals surface area contributed by atoms with Gasteiger partial charge in [-0.25, -0.2) is 14.4 Å². The predicted octanol–water partition coefficient (Wildman–Crippen LogP) is 3.76. The molecule has 3 aromatic carbocycles. The van der Waals surface area contributed by atoms with Crippen molar-refractivity contribution in [3.05, 3.63) is 101 Å². The summed E-state index contributed by atoms with van der Waals surface area (Å²) in [6, 6.07) is 20.6. The Morgan fingerprint density at radius 1 is 0.745 bits per heavy atom. The lowest BCUT2D eigenvalue weighted by Crippen LogP contribution is -2.55. The van der Waals surface area contributed by atoms with E-state index in [0.717, 1.165) is 17.5 Å². The van der Waals surface area contributed by atoms with Crippen LogP contribution in [0.1, 0.15) is 54.2 Å². The van der Waals surface area contributed by atoms with Gasteiger partial charge in [-0.15, -0.1) is 0 Å². The van der Waals surface area contributed by atoms with Gasteiger partial charge in [-0.1, -0.05) is 66.7 Å². The second kappa shape index (κ2) is 17.3. The van der Waals surface area contributed by atoms with Crippen LogP contribution in [0.15, 0.2) is 78.9 Å². The molecule has 2 atom stereocenters. The van der Waals surface area contributed by atoms with Crippen LogP contribution >= 0.6 is 0 Å². The van der Waals surface area contributed by atoms with Crippen molar-refractivity contribution in [1.29, 1.82) is 0 Å². The molecule has 0 aliphatic carbocycles. The van der Waals surface area contributed by atoms with Gasteiger partial charge in [0, 0.05) is 19.4 Å². The van der Waals surface area contributed by atoms with Gasteiger partial charge in [0.2, 0.25) is 11.8 Å². The zero-order valence-corrected chi connectivity index (χ0v) is 26.7. The summed E-state index contributed by atoms with van der Waals surface area (Å²) in [5.41, 5.74) is 1.12. The highest BCUT2D eigenvalue weighted by Gasteiger charge is 2.29. The van der Waals surface area contributed by atoms with E-state index in [2.05, 4.69) is 16.0 Å². The molecule has 0 saturated heterocycles. The maximum Gasteiger partial charge on any atom is 0.408 e. The maximum absolute atomic E-state index is 13.7. The van der Waals surface area contributed by atoms with Gasteiger partial charge >= 0.3 is 18.0 Å². The second-order valence-corrected chi connectivity index (χ2v) is 11.9. The molecule has 5 N–H and O–H groups in total. The number of ether oxygens (including phenoxy) is 2. The monoisotopic (exact) mass is 647 g/mol. The van der Waals surface area contributed by atoms with Gasteiger partial charge in [-0.05, 0) is 62.4 Å². The highest BCUT2D eigenvalue weighted by atomic mass is 16.6. The second-order valence-electron chi connectivity index (χ2n) is 11.9. The Balaban J connectivity index is 1.84. The number of alkyl carbamates (subject to hydrolysis) is 1. The zero-order chi connectivity index (χ0) is 34.4. The van der Waals surface area contributed by atoms with Crippen molar-refractivity contribution in [2.75, 3.05) is 13.2 Å². The van der Waals surface area contributed by atoms with Gasteiger partial charge < -0.3 is 35.6 Å². The Hall–Kier alpha value is -5.39. The van der Waals surface area contributed by atoms with Gasteiger partial charge in [-0.3, -0.25) is 9.59 Å². The summed E-state index contributed by atoms with van der Waals surface area (Å²) in [4.78, 5) is 62.8. The predicted molar refractivity (Wildman–Crippen MR) is 173 cm³/mol. The topological polar surface area (TPSA) is 180 Å². The van der Waals surface area contributed by atoms with Crippen LogP contribution < -0.4 is 20.7 Å². The molecule has 12 nitrogen and oxygen atoms in total. The average Bonchev–Trinajstić information content (AvgIpc) is 3.01. The third kappa shape index (κ3) is 12.9. The molecule has 0 saturated carbocycles. The summed E-state index contributed by atoms with van der Waals surface area (Å²) in [6.07, 6.45) is 0.540. The van der Waals surface area contributed by atoms with E-state index >= 15 is 0 Å². The van der Waals surface area contributed by atoms with E-state index in [1.54, 1.807) is 45.0 Å². The summed E-state index contributed by atoms with van der Waals surface area (Å²) in [6.45, 7) is 4.66. The van der Waals surface area contributed by atoms with E-state index in [-0.39, 0.29) is 24.2 Å². The number of carbonyl (C=O) groups excluding carboxylic acids is 3. The van der Waals surface area contributed by atoms with E-state index in [4.69, 9.17) is 14.6 Å². The largest absolute Gasteiger partial charge is 0.481 e. The highest BCUT2D eigenvalue weighted by Crippen LogP contribution is 2.22. The van der Waals surface area contributed by atoms with E-state index < -0.39 is 54.1 Å². The number of carboxylic acids is 2. The minimum atomic E-state index is -1.36. The molecule has 0 radical (unpaired) electrons. The molecule has 250 valence electrons. The minimum Gasteiger partial charge on any atom is -0.481 e. The number of hydrogen-bond acceptors (Lipinski definition) is 7. The van der Waals surface area contributed by atoms with Crippen LogP contribution in [-0.2, 0) is 38.4 Å². The van der Waals surface area contributed by atoms with Crippen molar-refractivity contribution >= 4 is 29.8 Å². The van der Waals surface area contributed by atoms with Crippen LogP contribution in [0, 0.1) is 0 Å². The van der Waals surface area contributed by atoms with E-state index in [1.807, 2.05) is 36.4 Å². The fourth-order valence-electron chi connectivity index (χ4n) is 4.63. The average molecular weight is 648 g/mol. The summed E-state index contributed by atoms with van der Waals surface area (Å²) in [7, 11) is 0. The fraction of sp³-hybridized carbons (Fsp3) is 0.343. The standard InChI is InChI=1S/C35H41N3O9/c1-35(2,3)47-34(45)38-28(20-24-13-8-5-9-14-24)32(42)37-27(31(41)36-18-10-15-23-11-6-4-7-12-23)21-25-16-17-29(46-22-30(39)40)26(19-25)33(43)44/h4-9,11-14,16-17,19,27-28H,10,15,18,20-22H2,1-3H3,(H,36,41)(H,37,42)(H,38,45)(H,39,40)(H,43,44)/t27-,28-/m0/s1. The van der Waals surface area contributed by atoms with E-state index in [1.165, 1.54) is 18.2 Å². The van der Waals surface area contributed by atoms with Crippen molar-refractivity contribution in [2.24, 2.45) is 0 Å². The molecule has 3 rings (SSSR count). The van der Waals surface area contributed by atoms with Gasteiger partial charge in [0.05, 0.1) is 0 Å². The Morgan fingerprint density at radius 3 is 1.94 bits per heavy atom. The number of carbonyl (C=O) groups is 5. The Bertz CT molecular complexity index is 1520. The first-order valence-electron chi connectivity index (χ1n) is 15.2. The van der Waals surface area contributed by atoms with Gasteiger partial charge in [-0.2, -0.15) is 0 Å². The van der Waals surface area contributed by atoms with Crippen LogP contribution in [0.25, 0.3) is 0 Å². The highest BCUT2D eigenvalue weighted by molar-refractivity contribution is 5.93. The van der Waals surface area contributed by atoms with Gasteiger partial charge in [0.25, 0.3) is 0 Å². The lowest BCUT2D eigenvalue weighted by atomic mass is 10.0. The molecule has 0 bridgehead atoms. The maximum atomic E-state index is 13.7. The number of aryl methyl sites for hydroxylation is 1. The molecular weight excluding hydrogens is 606 g/mol. The van der Waals surface area contributed by atoms with Crippen molar-refractivity contribution in [2.45, 2.75) is 64.1 Å². The molecule has 0 aliphatic heterocycles. The summed E-state index contributed by atoms with van der Waals surface area (Å²) >= 11 is 0. The first-order chi connectivity index (χ1) is 22.3. The SMILES string of the molecule is CC(C)(C)OC(=O)N[C@@H](Cc1ccccc1)C(=O)N[C@@H](Cc1ccc(OCC(=O)O)c(C(=O)O)c1)C(=O)NCCCc1ccccc1. The Kier molecular flexibility index (Phi) is 13.3. The molecule has 0 aliphatic rings. The number of aliphatic carboxylic acids is 1. The van der Waals surface area contributed by atoms with Crippen molar-refractivity contribution in [3.8, 4) is 5.75 Å². The molecule has 3 aromatic rings. The number of benzene rings is 3. The van der Waals surface area contributed by atoms with E-state index in [9.17, 15) is 29.1 Å². The normalized spacial score (nSPS) is 12.2. The Labute approximate surface area is 273 Å². The molecular formula is C35H41N3O9. The van der Waals surface area contributed by atoms with E-state index in [0.29, 0.717) is 18.5 Å². The number of carboxylic acid groups (broad SMARTS) is 2. The van der Waals surface area contributed by atoms with Gasteiger partial charge in [0.15, 0.2) is 6.61 Å². The number of aromatic carboxylic acids is 1. The minimum absolute atomic E-state index is 0.107. The van der Waals surface area contributed by atoms with Crippen LogP contribution in [0.5, 0.6) is 5.75 Å². The molecule has 0 fully saturated rings. The summed E-state index contributed by atoms with van der Waals surface area (Å²) in [5, 5.41) is 26.9. The van der Waals surface area contributed by atoms with Crippen molar-refractivity contribution in [3.63, 3.8) is 0 Å². The van der Waals surface area contributed by atoms with Crippen molar-refractivity contribution in [1.82, 2.24) is 16.0 Å². The molecule has 0 heterocycles. The number of hydrogen-bond donors (Lipinski definition) is 5. The number of rotatable bonds is 16. The van der Waals surface area contributed by atoms with Crippen molar-refractivity contribution < 1.29 is 43.7 Å². The molecule has 0 spiro atoms. The third-order valence-electron chi connectivity index (χ3n) is 6.77. The molecule has 3 amide bonds. The van der Waals surface area contributed by atoms with Crippen LogP contribution in [-0.4, -0.2) is 70.9 Å². The van der Waals surface area contributed by atoms with Crippen LogP contribution in [0.2, 0.25) is 0 Å². The quantitative estimate of drug-likeness (QED) is 0.145. The third-order valence-corrected chi connectivity index (χ3v) is 6.77. The molecule has 12 heteroatoms. The van der Waals surface area contributed by atoms with Crippen LogP contribution in [0.3, 0.4) is 0 Å². The first-order valence-corrected chi connectivity index (χ1v) is 15.2. The lowest BCUT2D eigenvalue weighted by Gasteiger charge is -2.25. The number of nitrogens with one attached hydrogen (secondary N) is 3. The fourth-order valence-corrected chi connectivity index (χ4v) is 4.63.